The van der Waals surface area contributed by atoms with Crippen molar-refractivity contribution in [2.45, 2.75) is 39.3 Å². The van der Waals surface area contributed by atoms with Gasteiger partial charge >= 0.3 is 12.0 Å². The molecule has 0 heterocycles. The van der Waals surface area contributed by atoms with E-state index in [-0.39, 0.29) is 24.7 Å². The second kappa shape index (κ2) is 8.22. The number of rotatable bonds is 7. The van der Waals surface area contributed by atoms with Gasteiger partial charge in [-0.25, -0.2) is 4.79 Å². The molecule has 2 N–H and O–H groups in total. The molecule has 100 valence electrons. The molecule has 0 saturated heterocycles. The van der Waals surface area contributed by atoms with Gasteiger partial charge in [-0.15, -0.1) is 0 Å². The molecule has 0 aliphatic heterocycles. The molecule has 6 heteroatoms. The number of hydrogen-bond acceptors (Lipinski definition) is 3. The molecule has 1 unspecified atom stereocenters. The van der Waals surface area contributed by atoms with Crippen molar-refractivity contribution in [3.63, 3.8) is 0 Å². The van der Waals surface area contributed by atoms with E-state index in [9.17, 15) is 9.59 Å². The van der Waals surface area contributed by atoms with E-state index in [0.717, 1.165) is 12.2 Å². The van der Waals surface area contributed by atoms with Crippen molar-refractivity contribution < 1.29 is 14.7 Å². The lowest BCUT2D eigenvalue weighted by Crippen LogP contribution is -2.49. The lowest BCUT2D eigenvalue weighted by atomic mass is 10.2. The highest BCUT2D eigenvalue weighted by atomic mass is 32.2. The van der Waals surface area contributed by atoms with Gasteiger partial charge in [0, 0.05) is 12.1 Å². The molecule has 0 rings (SSSR count). The summed E-state index contributed by atoms with van der Waals surface area (Å²) in [6.45, 7) is 5.26. The number of carbonyl (C=O) groups is 2. The van der Waals surface area contributed by atoms with Crippen molar-refractivity contribution in [3.8, 4) is 0 Å². The first kappa shape index (κ1) is 16.1. The summed E-state index contributed by atoms with van der Waals surface area (Å²) in [5.41, 5.74) is 0. The molecule has 5 nitrogen and oxygen atoms in total. The van der Waals surface area contributed by atoms with Crippen LogP contribution >= 0.6 is 11.8 Å². The minimum absolute atomic E-state index is 0.0602. The van der Waals surface area contributed by atoms with Gasteiger partial charge in [0.1, 0.15) is 6.54 Å². The topological polar surface area (TPSA) is 69.6 Å². The Morgan fingerprint density at radius 1 is 1.35 bits per heavy atom. The predicted molar refractivity (Wildman–Crippen MR) is 70.5 cm³/mol. The molecule has 17 heavy (non-hydrogen) atoms. The van der Waals surface area contributed by atoms with E-state index in [1.807, 2.05) is 13.2 Å². The summed E-state index contributed by atoms with van der Waals surface area (Å²) in [4.78, 5) is 23.8. The molecule has 0 aliphatic carbocycles. The van der Waals surface area contributed by atoms with Gasteiger partial charge in [-0.05, 0) is 39.2 Å². The Labute approximate surface area is 107 Å². The van der Waals surface area contributed by atoms with Crippen LogP contribution in [0.25, 0.3) is 0 Å². The quantitative estimate of drug-likeness (QED) is 0.731. The Morgan fingerprint density at radius 2 is 1.94 bits per heavy atom. The molecule has 1 atom stereocenters. The third kappa shape index (κ3) is 7.10. The zero-order valence-corrected chi connectivity index (χ0v) is 11.7. The number of thioether (sulfide) groups is 1. The Morgan fingerprint density at radius 3 is 2.35 bits per heavy atom. The third-order valence-corrected chi connectivity index (χ3v) is 2.96. The highest BCUT2D eigenvalue weighted by Crippen LogP contribution is 2.03. The molecule has 0 aromatic heterocycles. The summed E-state index contributed by atoms with van der Waals surface area (Å²) in [7, 11) is 0. The van der Waals surface area contributed by atoms with Gasteiger partial charge in [0.25, 0.3) is 0 Å². The smallest absolute Gasteiger partial charge is 0.323 e. The number of carbonyl (C=O) groups excluding carboxylic acids is 1. The zero-order chi connectivity index (χ0) is 13.4. The minimum atomic E-state index is -0.995. The van der Waals surface area contributed by atoms with E-state index in [2.05, 4.69) is 5.32 Å². The molecule has 0 aromatic carbocycles. The van der Waals surface area contributed by atoms with Gasteiger partial charge in [-0.3, -0.25) is 4.79 Å². The number of carboxylic acids is 1. The number of nitrogens with one attached hydrogen (secondary N) is 1. The number of nitrogens with zero attached hydrogens (tertiary/aromatic N) is 1. The average Bonchev–Trinajstić information content (AvgIpc) is 2.22. The van der Waals surface area contributed by atoms with E-state index in [1.165, 1.54) is 4.90 Å². The van der Waals surface area contributed by atoms with Crippen LogP contribution in [0.1, 0.15) is 27.2 Å². The van der Waals surface area contributed by atoms with Crippen LogP contribution < -0.4 is 5.32 Å². The normalized spacial score (nSPS) is 12.3. The Balaban J connectivity index is 4.27. The first-order chi connectivity index (χ1) is 7.88. The highest BCUT2D eigenvalue weighted by Gasteiger charge is 2.20. The second-order valence-electron chi connectivity index (χ2n) is 4.25. The van der Waals surface area contributed by atoms with Gasteiger partial charge in [-0.2, -0.15) is 11.8 Å². The van der Waals surface area contributed by atoms with Crippen molar-refractivity contribution in [3.05, 3.63) is 0 Å². The Bertz CT molecular complexity index is 259. The number of aliphatic carboxylic acids is 1. The van der Waals surface area contributed by atoms with Crippen molar-refractivity contribution in [1.82, 2.24) is 10.2 Å². The lowest BCUT2D eigenvalue weighted by Gasteiger charge is -2.27. The van der Waals surface area contributed by atoms with Crippen LogP contribution in [0, 0.1) is 0 Å². The fourth-order valence-electron chi connectivity index (χ4n) is 1.30. The molecule has 0 aromatic rings. The molecule has 2 amide bonds. The monoisotopic (exact) mass is 262 g/mol. The van der Waals surface area contributed by atoms with E-state index in [0.29, 0.717) is 0 Å². The van der Waals surface area contributed by atoms with Gasteiger partial charge in [-0.1, -0.05) is 0 Å². The average molecular weight is 262 g/mol. The first-order valence-electron chi connectivity index (χ1n) is 5.66. The van der Waals surface area contributed by atoms with Crippen molar-refractivity contribution >= 4 is 23.8 Å². The Kier molecular flexibility index (Phi) is 7.78. The van der Waals surface area contributed by atoms with Gasteiger partial charge < -0.3 is 15.3 Å². The molecule has 0 aliphatic rings. The van der Waals surface area contributed by atoms with Crippen LogP contribution in [0.3, 0.4) is 0 Å². The maximum Gasteiger partial charge on any atom is 0.323 e. The molecular weight excluding hydrogens is 240 g/mol. The first-order valence-corrected chi connectivity index (χ1v) is 7.05. The van der Waals surface area contributed by atoms with Gasteiger partial charge in [0.15, 0.2) is 0 Å². The summed E-state index contributed by atoms with van der Waals surface area (Å²) < 4.78 is 0. The maximum atomic E-state index is 11.8. The largest absolute Gasteiger partial charge is 0.480 e. The third-order valence-electron chi connectivity index (χ3n) is 2.31. The van der Waals surface area contributed by atoms with E-state index < -0.39 is 5.97 Å². The van der Waals surface area contributed by atoms with E-state index in [4.69, 9.17) is 5.11 Å². The number of hydrogen-bond donors (Lipinski definition) is 2. The predicted octanol–water partition coefficient (Wildman–Crippen LogP) is 1.63. The Hall–Kier alpha value is -0.910. The summed E-state index contributed by atoms with van der Waals surface area (Å²) >= 11 is 1.72. The fourth-order valence-corrected chi connectivity index (χ4v) is 1.88. The maximum absolute atomic E-state index is 11.8. The summed E-state index contributed by atoms with van der Waals surface area (Å²) in [6.07, 6.45) is 2.89. The summed E-state index contributed by atoms with van der Waals surface area (Å²) in [6, 6.07) is -0.375. The summed E-state index contributed by atoms with van der Waals surface area (Å²) in [5, 5.41) is 11.5. The van der Waals surface area contributed by atoms with Crippen LogP contribution in [0.5, 0.6) is 0 Å². The molecule has 0 radical (unpaired) electrons. The number of amides is 2. The van der Waals surface area contributed by atoms with Crippen LogP contribution in [-0.4, -0.2) is 52.6 Å². The zero-order valence-electron chi connectivity index (χ0n) is 10.9. The second-order valence-corrected chi connectivity index (χ2v) is 5.23. The van der Waals surface area contributed by atoms with Crippen molar-refractivity contribution in [1.29, 1.82) is 0 Å². The molecular formula is C11H22N2O3S. The number of urea groups is 1. The van der Waals surface area contributed by atoms with Crippen molar-refractivity contribution in [2.75, 3.05) is 18.6 Å². The summed E-state index contributed by atoms with van der Waals surface area (Å²) in [5.74, 6) is -0.0205. The number of carboxylic acid groups (broad SMARTS) is 1. The molecule has 0 spiro atoms. The van der Waals surface area contributed by atoms with Gasteiger partial charge in [0.05, 0.1) is 0 Å². The van der Waals surface area contributed by atoms with E-state index in [1.54, 1.807) is 25.6 Å². The van der Waals surface area contributed by atoms with Crippen molar-refractivity contribution in [2.24, 2.45) is 0 Å². The minimum Gasteiger partial charge on any atom is -0.480 e. The van der Waals surface area contributed by atoms with Crippen LogP contribution in [-0.2, 0) is 4.79 Å². The lowest BCUT2D eigenvalue weighted by molar-refractivity contribution is -0.138. The standard InChI is InChI=1S/C11H22N2O3S/c1-8(2)13(7-10(14)15)11(16)12-9(3)5-6-17-4/h8-9H,5-7H2,1-4H3,(H,12,16)(H,14,15). The molecule has 0 fully saturated rings. The fraction of sp³-hybridized carbons (Fsp3) is 0.818. The molecule has 0 saturated carbocycles. The van der Waals surface area contributed by atoms with E-state index >= 15 is 0 Å². The van der Waals surface area contributed by atoms with Crippen LogP contribution in [0.15, 0.2) is 0 Å². The van der Waals surface area contributed by atoms with Crippen LogP contribution in [0.4, 0.5) is 4.79 Å². The van der Waals surface area contributed by atoms with Gasteiger partial charge in [0.2, 0.25) is 0 Å². The van der Waals surface area contributed by atoms with Crippen LogP contribution in [0.2, 0.25) is 0 Å². The molecule has 0 bridgehead atoms. The SMILES string of the molecule is CSCCC(C)NC(=O)N(CC(=O)O)C(C)C. The highest BCUT2D eigenvalue weighted by molar-refractivity contribution is 7.98.